The molecule has 1 aliphatic rings. The predicted molar refractivity (Wildman–Crippen MR) is 71.9 cm³/mol. The summed E-state index contributed by atoms with van der Waals surface area (Å²) in [6.07, 6.45) is 5.41. The molecule has 2 rings (SSSR count). The summed E-state index contributed by atoms with van der Waals surface area (Å²) in [5.74, 6) is 1.10. The quantitative estimate of drug-likeness (QED) is 0.846. The van der Waals surface area contributed by atoms with Crippen molar-refractivity contribution in [3.05, 3.63) is 30.1 Å². The van der Waals surface area contributed by atoms with Crippen molar-refractivity contribution in [1.82, 2.24) is 4.98 Å². The van der Waals surface area contributed by atoms with Gasteiger partial charge in [-0.1, -0.05) is 6.07 Å². The number of nitrogens with zero attached hydrogens (tertiary/aromatic N) is 1. The average Bonchev–Trinajstić information content (AvgIpc) is 2.33. The normalized spacial score (nSPS) is 22.2. The Balaban J connectivity index is 2.11. The molecular weight excluding hydrogens is 254 g/mol. The maximum Gasteiger partial charge on any atom is 0.150 e. The minimum absolute atomic E-state index is 0.326. The fourth-order valence-electron chi connectivity index (χ4n) is 2.31. The van der Waals surface area contributed by atoms with Crippen molar-refractivity contribution in [2.45, 2.75) is 18.1 Å². The first-order valence-corrected chi connectivity index (χ1v) is 8.87. The second-order valence-corrected chi connectivity index (χ2v) is 7.68. The van der Waals surface area contributed by atoms with Gasteiger partial charge < -0.3 is 0 Å². The second kappa shape index (κ2) is 5.40. The third kappa shape index (κ3) is 3.22. The molecule has 0 saturated carbocycles. The molecular formula is C12H17NO2S2. The molecule has 1 unspecified atom stereocenters. The molecule has 0 amide bonds. The van der Waals surface area contributed by atoms with Crippen LogP contribution in [0.15, 0.2) is 24.4 Å². The Morgan fingerprint density at radius 3 is 2.59 bits per heavy atom. The zero-order valence-electron chi connectivity index (χ0n) is 9.87. The van der Waals surface area contributed by atoms with Gasteiger partial charge in [-0.25, -0.2) is 8.42 Å². The fraction of sp³-hybridized carbons (Fsp3) is 0.583. The highest BCUT2D eigenvalue weighted by atomic mass is 32.2. The smallest absolute Gasteiger partial charge is 0.150 e. The van der Waals surface area contributed by atoms with Crippen molar-refractivity contribution in [1.29, 1.82) is 0 Å². The minimum atomic E-state index is -2.77. The first kappa shape index (κ1) is 12.9. The molecule has 1 fully saturated rings. The van der Waals surface area contributed by atoms with Gasteiger partial charge in [0.25, 0.3) is 0 Å². The van der Waals surface area contributed by atoms with Gasteiger partial charge in [0.2, 0.25) is 0 Å². The highest BCUT2D eigenvalue weighted by Crippen LogP contribution is 2.39. The Morgan fingerprint density at radius 2 is 2.06 bits per heavy atom. The van der Waals surface area contributed by atoms with Crippen LogP contribution >= 0.6 is 11.8 Å². The lowest BCUT2D eigenvalue weighted by Gasteiger charge is -2.28. The zero-order valence-corrected chi connectivity index (χ0v) is 11.5. The van der Waals surface area contributed by atoms with Crippen LogP contribution in [0.1, 0.15) is 23.8 Å². The lowest BCUT2D eigenvalue weighted by Crippen LogP contribution is -2.26. The molecule has 2 heterocycles. The molecule has 3 nitrogen and oxygen atoms in total. The Labute approximate surface area is 107 Å². The summed E-state index contributed by atoms with van der Waals surface area (Å²) in [5.41, 5.74) is 1.07. The van der Waals surface area contributed by atoms with Crippen molar-refractivity contribution in [2.75, 3.05) is 17.8 Å². The van der Waals surface area contributed by atoms with Gasteiger partial charge >= 0.3 is 0 Å². The largest absolute Gasteiger partial charge is 0.260 e. The molecule has 1 aromatic heterocycles. The van der Waals surface area contributed by atoms with Crippen LogP contribution in [0.2, 0.25) is 0 Å². The van der Waals surface area contributed by atoms with E-state index in [9.17, 15) is 8.42 Å². The van der Waals surface area contributed by atoms with Crippen LogP contribution in [-0.4, -0.2) is 31.2 Å². The summed E-state index contributed by atoms with van der Waals surface area (Å²) in [5, 5.41) is 0.326. The summed E-state index contributed by atoms with van der Waals surface area (Å²) in [4.78, 5) is 4.39. The summed E-state index contributed by atoms with van der Waals surface area (Å²) in [7, 11) is -2.77. The summed E-state index contributed by atoms with van der Waals surface area (Å²) >= 11 is 1.77. The van der Waals surface area contributed by atoms with Gasteiger partial charge in [-0.3, -0.25) is 4.98 Å². The van der Waals surface area contributed by atoms with E-state index >= 15 is 0 Å². The van der Waals surface area contributed by atoms with E-state index in [2.05, 4.69) is 11.2 Å². The maximum absolute atomic E-state index is 11.4. The van der Waals surface area contributed by atoms with Crippen LogP contribution in [0.4, 0.5) is 0 Å². The molecule has 0 N–H and O–H groups in total. The van der Waals surface area contributed by atoms with E-state index < -0.39 is 9.84 Å². The van der Waals surface area contributed by atoms with Gasteiger partial charge in [0, 0.05) is 11.4 Å². The molecule has 0 aromatic carbocycles. The van der Waals surface area contributed by atoms with E-state index in [0.717, 1.165) is 18.5 Å². The number of rotatable bonds is 3. The topological polar surface area (TPSA) is 47.0 Å². The van der Waals surface area contributed by atoms with Crippen LogP contribution in [0, 0.1) is 5.92 Å². The van der Waals surface area contributed by atoms with Gasteiger partial charge in [-0.15, -0.1) is 0 Å². The highest BCUT2D eigenvalue weighted by molar-refractivity contribution is 7.98. The maximum atomic E-state index is 11.4. The van der Waals surface area contributed by atoms with Crippen LogP contribution < -0.4 is 0 Å². The first-order valence-electron chi connectivity index (χ1n) is 5.76. The molecule has 0 aliphatic carbocycles. The van der Waals surface area contributed by atoms with Gasteiger partial charge in [0.1, 0.15) is 9.84 Å². The number of hydrogen-bond acceptors (Lipinski definition) is 4. The average molecular weight is 271 g/mol. The number of pyridine rings is 1. The molecule has 1 atom stereocenters. The van der Waals surface area contributed by atoms with E-state index in [1.807, 2.05) is 18.2 Å². The summed E-state index contributed by atoms with van der Waals surface area (Å²) < 4.78 is 22.8. The van der Waals surface area contributed by atoms with Crippen LogP contribution in [0.25, 0.3) is 0 Å². The number of hydrogen-bond donors (Lipinski definition) is 0. The Morgan fingerprint density at radius 1 is 1.35 bits per heavy atom. The highest BCUT2D eigenvalue weighted by Gasteiger charge is 2.30. The van der Waals surface area contributed by atoms with Crippen molar-refractivity contribution < 1.29 is 8.42 Å². The molecule has 0 radical (unpaired) electrons. The molecule has 1 saturated heterocycles. The van der Waals surface area contributed by atoms with Crippen LogP contribution in [0.3, 0.4) is 0 Å². The van der Waals surface area contributed by atoms with Crippen molar-refractivity contribution in [3.63, 3.8) is 0 Å². The number of sulfone groups is 1. The third-order valence-electron chi connectivity index (χ3n) is 3.26. The lowest BCUT2D eigenvalue weighted by molar-refractivity contribution is 0.452. The van der Waals surface area contributed by atoms with E-state index in [-0.39, 0.29) is 0 Å². The Hall–Kier alpha value is -0.550. The molecule has 5 heteroatoms. The van der Waals surface area contributed by atoms with Gasteiger partial charge in [-0.2, -0.15) is 11.8 Å². The molecule has 94 valence electrons. The van der Waals surface area contributed by atoms with Crippen molar-refractivity contribution in [2.24, 2.45) is 5.92 Å². The Bertz CT molecular complexity index is 445. The minimum Gasteiger partial charge on any atom is -0.260 e. The fourth-order valence-corrected chi connectivity index (χ4v) is 4.88. The molecule has 17 heavy (non-hydrogen) atoms. The van der Waals surface area contributed by atoms with Crippen molar-refractivity contribution >= 4 is 21.6 Å². The van der Waals surface area contributed by atoms with Gasteiger partial charge in [-0.05, 0) is 37.1 Å². The summed E-state index contributed by atoms with van der Waals surface area (Å²) in [6, 6.07) is 5.93. The molecule has 0 bridgehead atoms. The van der Waals surface area contributed by atoms with Gasteiger partial charge in [0.05, 0.1) is 17.2 Å². The van der Waals surface area contributed by atoms with E-state index in [1.54, 1.807) is 18.0 Å². The molecule has 0 spiro atoms. The van der Waals surface area contributed by atoms with Gasteiger partial charge in [0.15, 0.2) is 0 Å². The molecule has 1 aliphatic heterocycles. The van der Waals surface area contributed by atoms with Crippen LogP contribution in [-0.2, 0) is 9.84 Å². The summed E-state index contributed by atoms with van der Waals surface area (Å²) in [6.45, 7) is 0. The van der Waals surface area contributed by atoms with E-state index in [4.69, 9.17) is 0 Å². The Kier molecular flexibility index (Phi) is 4.09. The third-order valence-corrected chi connectivity index (χ3v) is 6.11. The second-order valence-electron chi connectivity index (χ2n) is 4.40. The van der Waals surface area contributed by atoms with Crippen LogP contribution in [0.5, 0.6) is 0 Å². The van der Waals surface area contributed by atoms with Crippen molar-refractivity contribution in [3.8, 4) is 0 Å². The monoisotopic (exact) mass is 271 g/mol. The first-order chi connectivity index (χ1) is 8.12. The van der Waals surface area contributed by atoms with E-state index in [0.29, 0.717) is 22.7 Å². The number of thioether (sulfide) groups is 1. The molecule has 1 aromatic rings. The SMILES string of the molecule is CSC(c1ccccn1)C1CCS(=O)(=O)CC1. The van der Waals surface area contributed by atoms with E-state index in [1.165, 1.54) is 0 Å². The predicted octanol–water partition coefficient (Wildman–Crippen LogP) is 2.31. The lowest BCUT2D eigenvalue weighted by atomic mass is 9.96. The number of aromatic nitrogens is 1. The zero-order chi connectivity index (χ0) is 12.3. The standard InChI is InChI=1S/C12H17NO2S2/c1-16-12(11-4-2-3-7-13-11)10-5-8-17(14,15)9-6-10/h2-4,7,10,12H,5-6,8-9H2,1H3.